The van der Waals surface area contributed by atoms with Crippen molar-refractivity contribution in [1.29, 1.82) is 0 Å². The second-order valence-electron chi connectivity index (χ2n) is 4.02. The predicted octanol–water partition coefficient (Wildman–Crippen LogP) is 0.750. The van der Waals surface area contributed by atoms with E-state index in [9.17, 15) is 21.6 Å². The zero-order valence-corrected chi connectivity index (χ0v) is 11.3. The smallest absolute Gasteiger partial charge is 0.325 e. The number of aryl methyl sites for hydroxylation is 1. The van der Waals surface area contributed by atoms with E-state index in [0.717, 1.165) is 7.05 Å². The van der Waals surface area contributed by atoms with E-state index in [0.29, 0.717) is 4.31 Å². The lowest BCUT2D eigenvalue weighted by Crippen LogP contribution is -2.31. The van der Waals surface area contributed by atoms with Crippen molar-refractivity contribution in [1.82, 2.24) is 14.5 Å². The molecule has 10 heteroatoms. The number of alkyl halides is 3. The van der Waals surface area contributed by atoms with Crippen LogP contribution >= 0.6 is 0 Å². The van der Waals surface area contributed by atoms with Crippen LogP contribution in [0.15, 0.2) is 4.90 Å². The number of sulfonamides is 1. The summed E-state index contributed by atoms with van der Waals surface area (Å²) in [4.78, 5) is -0.153. The third kappa shape index (κ3) is 3.67. The first-order chi connectivity index (χ1) is 8.59. The molecule has 1 aromatic rings. The topological polar surface area (TPSA) is 92.1 Å². The molecule has 19 heavy (non-hydrogen) atoms. The maximum absolute atomic E-state index is 12.2. The summed E-state index contributed by atoms with van der Waals surface area (Å²) in [5.41, 5.74) is 5.72. The van der Waals surface area contributed by atoms with Crippen molar-refractivity contribution in [2.75, 3.05) is 13.6 Å². The Bertz CT molecular complexity index is 538. The second kappa shape index (κ2) is 5.47. The molecule has 0 spiro atoms. The lowest BCUT2D eigenvalue weighted by molar-refractivity contribution is -0.135. The fourth-order valence-electron chi connectivity index (χ4n) is 1.51. The highest BCUT2D eigenvalue weighted by Crippen LogP contribution is 2.24. The van der Waals surface area contributed by atoms with Gasteiger partial charge in [-0.05, 0) is 6.92 Å². The number of H-pyrrole nitrogens is 1. The van der Waals surface area contributed by atoms with Gasteiger partial charge in [-0.15, -0.1) is 0 Å². The van der Waals surface area contributed by atoms with Gasteiger partial charge in [-0.2, -0.15) is 18.3 Å². The summed E-state index contributed by atoms with van der Waals surface area (Å²) in [5.74, 6) is 0. The molecule has 3 N–H and O–H groups in total. The lowest BCUT2D eigenvalue weighted by atomic mass is 10.4. The van der Waals surface area contributed by atoms with Crippen molar-refractivity contribution in [3.05, 3.63) is 11.4 Å². The van der Waals surface area contributed by atoms with Gasteiger partial charge in [0.1, 0.15) is 4.90 Å². The highest BCUT2D eigenvalue weighted by Gasteiger charge is 2.32. The maximum atomic E-state index is 12.2. The number of nitrogens with two attached hydrogens (primary N) is 1. The van der Waals surface area contributed by atoms with Crippen molar-refractivity contribution in [2.45, 2.75) is 31.0 Å². The third-order valence-electron chi connectivity index (χ3n) is 2.53. The molecule has 0 atom stereocenters. The number of rotatable bonds is 5. The van der Waals surface area contributed by atoms with Gasteiger partial charge < -0.3 is 5.73 Å². The third-order valence-corrected chi connectivity index (χ3v) is 4.59. The molecule has 6 nitrogen and oxygen atoms in total. The SMILES string of the molecule is Cc1[nH]nc(CN)c1S(=O)(=O)N(C)CCC(F)(F)F. The Hall–Kier alpha value is -1.13. The molecule has 0 saturated heterocycles. The van der Waals surface area contributed by atoms with Crippen LogP contribution < -0.4 is 5.73 Å². The first-order valence-corrected chi connectivity index (χ1v) is 6.80. The van der Waals surface area contributed by atoms with Crippen LogP contribution in [0.5, 0.6) is 0 Å². The molecule has 1 aromatic heterocycles. The number of aromatic amines is 1. The Kier molecular flexibility index (Phi) is 4.59. The molecule has 0 aromatic carbocycles. The van der Waals surface area contributed by atoms with Gasteiger partial charge in [0.15, 0.2) is 0 Å². The van der Waals surface area contributed by atoms with Gasteiger partial charge in [0.2, 0.25) is 10.0 Å². The summed E-state index contributed by atoms with van der Waals surface area (Å²) in [5, 5.41) is 6.18. The first-order valence-electron chi connectivity index (χ1n) is 5.36. The molecule has 0 aliphatic carbocycles. The minimum Gasteiger partial charge on any atom is -0.325 e. The highest BCUT2D eigenvalue weighted by atomic mass is 32.2. The Morgan fingerprint density at radius 2 is 2.00 bits per heavy atom. The van der Waals surface area contributed by atoms with E-state index in [1.807, 2.05) is 0 Å². The van der Waals surface area contributed by atoms with Crippen LogP contribution in [-0.4, -0.2) is 42.7 Å². The molecule has 0 aliphatic rings. The van der Waals surface area contributed by atoms with E-state index in [2.05, 4.69) is 10.2 Å². The first kappa shape index (κ1) is 15.9. The molecule has 0 bridgehead atoms. The molecule has 0 aliphatic heterocycles. The highest BCUT2D eigenvalue weighted by molar-refractivity contribution is 7.89. The average molecular weight is 300 g/mol. The quantitative estimate of drug-likeness (QED) is 0.839. The van der Waals surface area contributed by atoms with Gasteiger partial charge in [0, 0.05) is 20.1 Å². The largest absolute Gasteiger partial charge is 0.390 e. The second-order valence-corrected chi connectivity index (χ2v) is 6.00. The summed E-state index contributed by atoms with van der Waals surface area (Å²) in [7, 11) is -2.94. The molecule has 110 valence electrons. The Morgan fingerprint density at radius 3 is 2.47 bits per heavy atom. The zero-order valence-electron chi connectivity index (χ0n) is 10.5. The molecule has 0 unspecified atom stereocenters. The van der Waals surface area contributed by atoms with Gasteiger partial charge in [0.05, 0.1) is 17.8 Å². The summed E-state index contributed by atoms with van der Waals surface area (Å²) >= 11 is 0. The summed E-state index contributed by atoms with van der Waals surface area (Å²) in [6.45, 7) is 0.698. The van der Waals surface area contributed by atoms with E-state index in [4.69, 9.17) is 5.73 Å². The summed E-state index contributed by atoms with van der Waals surface area (Å²) < 4.78 is 61.3. The van der Waals surface area contributed by atoms with E-state index in [-0.39, 0.29) is 22.8 Å². The van der Waals surface area contributed by atoms with Gasteiger partial charge in [0.25, 0.3) is 0 Å². The number of nitrogens with one attached hydrogen (secondary N) is 1. The fourth-order valence-corrected chi connectivity index (χ4v) is 3.01. The van der Waals surface area contributed by atoms with Crippen molar-refractivity contribution in [3.63, 3.8) is 0 Å². The molecule has 0 radical (unpaired) electrons. The van der Waals surface area contributed by atoms with E-state index in [1.165, 1.54) is 6.92 Å². The average Bonchev–Trinajstić information content (AvgIpc) is 2.66. The zero-order chi connectivity index (χ0) is 14.8. The minimum absolute atomic E-state index is 0.108. The van der Waals surface area contributed by atoms with Gasteiger partial charge >= 0.3 is 6.18 Å². The molecule has 1 heterocycles. The predicted molar refractivity (Wildman–Crippen MR) is 61.7 cm³/mol. The van der Waals surface area contributed by atoms with Crippen molar-refractivity contribution in [2.24, 2.45) is 5.73 Å². The van der Waals surface area contributed by atoms with Crippen LogP contribution in [0.3, 0.4) is 0 Å². The maximum Gasteiger partial charge on any atom is 0.390 e. The van der Waals surface area contributed by atoms with Gasteiger partial charge in [-0.25, -0.2) is 12.7 Å². The lowest BCUT2D eigenvalue weighted by Gasteiger charge is -2.18. The number of aromatic nitrogens is 2. The van der Waals surface area contributed by atoms with Crippen LogP contribution in [0.1, 0.15) is 17.8 Å². The number of hydrogen-bond donors (Lipinski definition) is 2. The molecular weight excluding hydrogens is 285 g/mol. The van der Waals surface area contributed by atoms with Crippen molar-refractivity contribution >= 4 is 10.0 Å². The molecular formula is C9H15F3N4O2S. The normalized spacial score (nSPS) is 13.2. The van der Waals surface area contributed by atoms with Gasteiger partial charge in [-0.3, -0.25) is 5.10 Å². The molecule has 0 saturated carbocycles. The van der Waals surface area contributed by atoms with Crippen LogP contribution in [0.4, 0.5) is 13.2 Å². The van der Waals surface area contributed by atoms with Crippen LogP contribution in [0, 0.1) is 6.92 Å². The molecule has 0 fully saturated rings. The number of hydrogen-bond acceptors (Lipinski definition) is 4. The molecule has 1 rings (SSSR count). The Labute approximate surface area is 108 Å². The monoisotopic (exact) mass is 300 g/mol. The minimum atomic E-state index is -4.41. The van der Waals surface area contributed by atoms with E-state index < -0.39 is 29.2 Å². The van der Waals surface area contributed by atoms with Crippen LogP contribution in [-0.2, 0) is 16.6 Å². The van der Waals surface area contributed by atoms with Crippen molar-refractivity contribution < 1.29 is 21.6 Å². The summed E-state index contributed by atoms with van der Waals surface area (Å²) in [6.07, 6.45) is -5.62. The fraction of sp³-hybridized carbons (Fsp3) is 0.667. The Morgan fingerprint density at radius 1 is 1.42 bits per heavy atom. The van der Waals surface area contributed by atoms with Crippen LogP contribution in [0.25, 0.3) is 0 Å². The van der Waals surface area contributed by atoms with Crippen molar-refractivity contribution in [3.8, 4) is 0 Å². The van der Waals surface area contributed by atoms with E-state index >= 15 is 0 Å². The Balaban J connectivity index is 3.00. The summed E-state index contributed by atoms with van der Waals surface area (Å²) in [6, 6.07) is 0. The number of halogens is 3. The standard InChI is InChI=1S/C9H15F3N4O2S/c1-6-8(7(5-13)15-14-6)19(17,18)16(2)4-3-9(10,11)12/h3-5,13H2,1-2H3,(H,14,15). The van der Waals surface area contributed by atoms with Gasteiger partial charge in [-0.1, -0.05) is 0 Å². The molecule has 0 amide bonds. The van der Waals surface area contributed by atoms with Crippen LogP contribution in [0.2, 0.25) is 0 Å². The van der Waals surface area contributed by atoms with E-state index in [1.54, 1.807) is 0 Å². The number of nitrogens with zero attached hydrogens (tertiary/aromatic N) is 2.